The van der Waals surface area contributed by atoms with E-state index in [1.807, 2.05) is 18.2 Å². The molecule has 19 heavy (non-hydrogen) atoms. The second-order valence-corrected chi connectivity index (χ2v) is 5.62. The van der Waals surface area contributed by atoms with Gasteiger partial charge in [-0.15, -0.1) is 0 Å². The fraction of sp³-hybridized carbons (Fsp3) is 0.600. The Labute approximate surface area is 115 Å². The van der Waals surface area contributed by atoms with Gasteiger partial charge >= 0.3 is 0 Å². The van der Waals surface area contributed by atoms with Crippen molar-refractivity contribution < 1.29 is 4.74 Å². The Bertz CT molecular complexity index is 443. The third kappa shape index (κ3) is 2.63. The molecule has 2 N–H and O–H groups in total. The van der Waals surface area contributed by atoms with Crippen LogP contribution < -0.4 is 15.4 Å². The minimum atomic E-state index is 0.230. The van der Waals surface area contributed by atoms with E-state index in [1.165, 1.54) is 25.9 Å². The van der Waals surface area contributed by atoms with E-state index in [2.05, 4.69) is 16.7 Å². The number of fused-ring (bicyclic) bond motifs is 1. The average molecular weight is 261 g/mol. The summed E-state index contributed by atoms with van der Waals surface area (Å²) in [5, 5.41) is 0. The molecule has 3 rings (SSSR count). The molecular formula is C15H23N3O. The number of benzene rings is 1. The zero-order valence-corrected chi connectivity index (χ0v) is 11.6. The largest absolute Gasteiger partial charge is 0.487 e. The maximum atomic E-state index is 6.13. The Balaban J connectivity index is 1.74. The summed E-state index contributed by atoms with van der Waals surface area (Å²) in [5.74, 6) is 0.931. The summed E-state index contributed by atoms with van der Waals surface area (Å²) < 4.78 is 5.88. The lowest BCUT2D eigenvalue weighted by Gasteiger charge is -2.36. The molecule has 0 radical (unpaired) electrons. The van der Waals surface area contributed by atoms with E-state index in [0.717, 1.165) is 36.8 Å². The lowest BCUT2D eigenvalue weighted by molar-refractivity contribution is 0.210. The van der Waals surface area contributed by atoms with Gasteiger partial charge in [0.05, 0.1) is 12.2 Å². The van der Waals surface area contributed by atoms with Crippen LogP contribution in [0.2, 0.25) is 0 Å². The third-order valence-corrected chi connectivity index (χ3v) is 4.04. The van der Waals surface area contributed by atoms with Crippen LogP contribution in [0.1, 0.15) is 19.8 Å². The molecule has 1 saturated heterocycles. The molecule has 0 amide bonds. The summed E-state index contributed by atoms with van der Waals surface area (Å²) in [7, 11) is 0. The zero-order chi connectivity index (χ0) is 13.2. The lowest BCUT2D eigenvalue weighted by atomic mass is 10.1. The number of hydrogen-bond donors (Lipinski definition) is 1. The number of nitrogen functional groups attached to an aromatic ring is 1. The molecule has 4 heteroatoms. The van der Waals surface area contributed by atoms with Gasteiger partial charge in [-0.05, 0) is 45.0 Å². The van der Waals surface area contributed by atoms with Gasteiger partial charge < -0.3 is 20.3 Å². The van der Waals surface area contributed by atoms with E-state index >= 15 is 0 Å². The molecule has 0 spiro atoms. The molecule has 2 aliphatic rings. The first-order valence-corrected chi connectivity index (χ1v) is 7.26. The summed E-state index contributed by atoms with van der Waals surface area (Å²) in [6.45, 7) is 7.70. The van der Waals surface area contributed by atoms with Gasteiger partial charge in [-0.1, -0.05) is 6.07 Å². The standard InChI is InChI=1S/C15H23N3O/c1-12-11-18(10-9-17-7-2-3-8-17)15-13(16)5-4-6-14(15)19-12/h4-6,12H,2-3,7-11,16H2,1H3. The average Bonchev–Trinajstić information content (AvgIpc) is 2.88. The van der Waals surface area contributed by atoms with Crippen molar-refractivity contribution in [3.05, 3.63) is 18.2 Å². The minimum absolute atomic E-state index is 0.230. The monoisotopic (exact) mass is 261 g/mol. The number of para-hydroxylation sites is 1. The molecule has 1 atom stereocenters. The summed E-state index contributed by atoms with van der Waals surface area (Å²) in [6.07, 6.45) is 2.92. The molecule has 0 bridgehead atoms. The number of hydrogen-bond acceptors (Lipinski definition) is 4. The van der Waals surface area contributed by atoms with Crippen molar-refractivity contribution in [1.82, 2.24) is 4.90 Å². The van der Waals surface area contributed by atoms with Crippen LogP contribution in [0, 0.1) is 0 Å². The molecule has 104 valence electrons. The minimum Gasteiger partial charge on any atom is -0.487 e. The quantitative estimate of drug-likeness (QED) is 0.845. The normalized spacial score (nSPS) is 23.2. The van der Waals surface area contributed by atoms with Crippen LogP contribution in [-0.2, 0) is 0 Å². The lowest BCUT2D eigenvalue weighted by Crippen LogP contribution is -2.42. The van der Waals surface area contributed by atoms with Crippen molar-refractivity contribution >= 4 is 11.4 Å². The van der Waals surface area contributed by atoms with E-state index in [-0.39, 0.29) is 6.10 Å². The van der Waals surface area contributed by atoms with Crippen molar-refractivity contribution in [2.45, 2.75) is 25.9 Å². The molecule has 2 aliphatic heterocycles. The number of likely N-dealkylation sites (tertiary alicyclic amines) is 1. The van der Waals surface area contributed by atoms with E-state index in [4.69, 9.17) is 10.5 Å². The Morgan fingerprint density at radius 2 is 2.05 bits per heavy atom. The zero-order valence-electron chi connectivity index (χ0n) is 11.6. The van der Waals surface area contributed by atoms with Crippen LogP contribution >= 0.6 is 0 Å². The summed E-state index contributed by atoms with van der Waals surface area (Å²) in [5.41, 5.74) is 8.03. The smallest absolute Gasteiger partial charge is 0.145 e. The van der Waals surface area contributed by atoms with Crippen LogP contribution in [0.5, 0.6) is 5.75 Å². The summed E-state index contributed by atoms with van der Waals surface area (Å²) in [4.78, 5) is 4.93. The second-order valence-electron chi connectivity index (χ2n) is 5.62. The molecule has 4 nitrogen and oxygen atoms in total. The number of rotatable bonds is 3. The Hall–Kier alpha value is -1.42. The third-order valence-electron chi connectivity index (χ3n) is 4.04. The predicted octanol–water partition coefficient (Wildman–Crippen LogP) is 1.95. The number of nitrogens with two attached hydrogens (primary N) is 1. The molecule has 1 aromatic carbocycles. The van der Waals surface area contributed by atoms with E-state index in [1.54, 1.807) is 0 Å². The predicted molar refractivity (Wildman–Crippen MR) is 78.8 cm³/mol. The van der Waals surface area contributed by atoms with Gasteiger partial charge in [0.1, 0.15) is 17.5 Å². The van der Waals surface area contributed by atoms with Gasteiger partial charge in [-0.2, -0.15) is 0 Å². The number of ether oxygens (including phenoxy) is 1. The van der Waals surface area contributed by atoms with Crippen LogP contribution in [0.4, 0.5) is 11.4 Å². The van der Waals surface area contributed by atoms with E-state index in [0.29, 0.717) is 0 Å². The van der Waals surface area contributed by atoms with Gasteiger partial charge in [0.15, 0.2) is 0 Å². The molecule has 1 fully saturated rings. The second kappa shape index (κ2) is 5.29. The number of anilines is 2. The molecule has 1 aromatic rings. The maximum Gasteiger partial charge on any atom is 0.145 e. The van der Waals surface area contributed by atoms with E-state index in [9.17, 15) is 0 Å². The molecular weight excluding hydrogens is 238 g/mol. The van der Waals surface area contributed by atoms with Gasteiger partial charge in [0.25, 0.3) is 0 Å². The highest BCUT2D eigenvalue weighted by Gasteiger charge is 2.25. The molecule has 2 heterocycles. The molecule has 0 saturated carbocycles. The van der Waals surface area contributed by atoms with Crippen molar-refractivity contribution in [2.24, 2.45) is 0 Å². The number of nitrogens with zero attached hydrogens (tertiary/aromatic N) is 2. The van der Waals surface area contributed by atoms with Gasteiger partial charge in [0.2, 0.25) is 0 Å². The van der Waals surface area contributed by atoms with E-state index < -0.39 is 0 Å². The summed E-state index contributed by atoms with van der Waals surface area (Å²) in [6, 6.07) is 5.94. The SMILES string of the molecule is CC1CN(CCN2CCCC2)c2c(N)cccc2O1. The first-order chi connectivity index (χ1) is 9.24. The Morgan fingerprint density at radius 1 is 1.26 bits per heavy atom. The highest BCUT2D eigenvalue weighted by atomic mass is 16.5. The van der Waals surface area contributed by atoms with Crippen molar-refractivity contribution in [3.63, 3.8) is 0 Å². The highest BCUT2D eigenvalue weighted by Crippen LogP contribution is 2.38. The van der Waals surface area contributed by atoms with Crippen molar-refractivity contribution in [3.8, 4) is 5.75 Å². The topological polar surface area (TPSA) is 41.7 Å². The molecule has 0 aromatic heterocycles. The van der Waals surface area contributed by atoms with Crippen LogP contribution in [0.15, 0.2) is 18.2 Å². The fourth-order valence-electron chi connectivity index (χ4n) is 3.10. The van der Waals surface area contributed by atoms with Gasteiger partial charge in [-0.25, -0.2) is 0 Å². The summed E-state index contributed by atoms with van der Waals surface area (Å²) >= 11 is 0. The van der Waals surface area contributed by atoms with Crippen LogP contribution in [0.3, 0.4) is 0 Å². The van der Waals surface area contributed by atoms with Gasteiger partial charge in [0, 0.05) is 13.1 Å². The molecule has 0 aliphatic carbocycles. The first-order valence-electron chi connectivity index (χ1n) is 7.26. The van der Waals surface area contributed by atoms with Crippen LogP contribution in [-0.4, -0.2) is 43.7 Å². The molecule has 1 unspecified atom stereocenters. The van der Waals surface area contributed by atoms with Gasteiger partial charge in [-0.3, -0.25) is 0 Å². The fourth-order valence-corrected chi connectivity index (χ4v) is 3.10. The maximum absolute atomic E-state index is 6.13. The first kappa shape index (κ1) is 12.6. The Kier molecular flexibility index (Phi) is 3.51. The van der Waals surface area contributed by atoms with Crippen molar-refractivity contribution in [2.75, 3.05) is 43.4 Å². The van der Waals surface area contributed by atoms with Crippen LogP contribution in [0.25, 0.3) is 0 Å². The van der Waals surface area contributed by atoms with Crippen molar-refractivity contribution in [1.29, 1.82) is 0 Å². The Morgan fingerprint density at radius 3 is 2.84 bits per heavy atom. The highest BCUT2D eigenvalue weighted by molar-refractivity contribution is 5.75.